The molecule has 2 N–H and O–H groups in total. The van der Waals surface area contributed by atoms with Crippen LogP contribution in [0.15, 0.2) is 6.20 Å². The summed E-state index contributed by atoms with van der Waals surface area (Å²) >= 11 is 6.20. The van der Waals surface area contributed by atoms with Gasteiger partial charge in [0.25, 0.3) is 0 Å². The second-order valence-electron chi connectivity index (χ2n) is 4.85. The Balaban J connectivity index is 1.91. The van der Waals surface area contributed by atoms with Gasteiger partial charge in [-0.2, -0.15) is 4.98 Å². The number of hydrogen-bond donors (Lipinski definition) is 1. The van der Waals surface area contributed by atoms with E-state index in [9.17, 15) is 0 Å². The van der Waals surface area contributed by atoms with Crippen molar-refractivity contribution in [1.29, 1.82) is 0 Å². The maximum absolute atomic E-state index is 6.20. The number of morpholine rings is 1. The Hall–Kier alpha value is -1.07. The number of anilines is 2. The molecule has 2 fully saturated rings. The zero-order chi connectivity index (χ0) is 12.5. The molecule has 1 aromatic rings. The van der Waals surface area contributed by atoms with E-state index in [0.29, 0.717) is 17.2 Å². The first-order valence-corrected chi connectivity index (χ1v) is 6.80. The van der Waals surface area contributed by atoms with Crippen LogP contribution in [-0.2, 0) is 4.74 Å². The maximum Gasteiger partial charge on any atom is 0.222 e. The summed E-state index contributed by atoms with van der Waals surface area (Å²) in [5.41, 5.74) is 5.66. The fourth-order valence-electron chi connectivity index (χ4n) is 2.93. The lowest BCUT2D eigenvalue weighted by molar-refractivity contribution is -0.00897. The van der Waals surface area contributed by atoms with Gasteiger partial charge in [-0.1, -0.05) is 24.4 Å². The molecule has 2 unspecified atom stereocenters. The topological polar surface area (TPSA) is 64.3 Å². The van der Waals surface area contributed by atoms with Gasteiger partial charge in [-0.05, 0) is 12.8 Å². The number of ether oxygens (including phenoxy) is 1. The van der Waals surface area contributed by atoms with Gasteiger partial charge < -0.3 is 15.4 Å². The van der Waals surface area contributed by atoms with Gasteiger partial charge in [0.05, 0.1) is 24.9 Å². The molecule has 2 atom stereocenters. The normalized spacial score (nSPS) is 27.9. The van der Waals surface area contributed by atoms with E-state index < -0.39 is 0 Å². The largest absolute Gasteiger partial charge is 0.374 e. The van der Waals surface area contributed by atoms with Crippen molar-refractivity contribution < 1.29 is 4.74 Å². The second kappa shape index (κ2) is 4.90. The molecule has 0 bridgehead atoms. The first-order chi connectivity index (χ1) is 8.75. The molecule has 1 aliphatic heterocycles. The van der Waals surface area contributed by atoms with Crippen molar-refractivity contribution in [2.75, 3.05) is 23.8 Å². The number of rotatable bonds is 1. The van der Waals surface area contributed by atoms with Crippen molar-refractivity contribution in [2.24, 2.45) is 0 Å². The predicted molar refractivity (Wildman–Crippen MR) is 70.8 cm³/mol. The first-order valence-electron chi connectivity index (χ1n) is 6.42. The second-order valence-corrected chi connectivity index (χ2v) is 5.26. The fraction of sp³-hybridized carbons (Fsp3) is 0.667. The van der Waals surface area contributed by atoms with Crippen LogP contribution in [0.25, 0.3) is 0 Å². The summed E-state index contributed by atoms with van der Waals surface area (Å²) in [5, 5.41) is 0.565. The smallest absolute Gasteiger partial charge is 0.222 e. The number of hydrogen-bond acceptors (Lipinski definition) is 5. The summed E-state index contributed by atoms with van der Waals surface area (Å²) in [6.45, 7) is 1.54. The van der Waals surface area contributed by atoms with Crippen molar-refractivity contribution in [1.82, 2.24) is 9.97 Å². The Morgan fingerprint density at radius 1 is 1.39 bits per heavy atom. The van der Waals surface area contributed by atoms with Crippen molar-refractivity contribution >= 4 is 23.4 Å². The molecule has 2 aliphatic rings. The molecule has 2 heterocycles. The highest BCUT2D eigenvalue weighted by Crippen LogP contribution is 2.34. The van der Waals surface area contributed by atoms with Crippen LogP contribution in [0.1, 0.15) is 25.7 Å². The zero-order valence-corrected chi connectivity index (χ0v) is 10.9. The predicted octanol–water partition coefficient (Wildman–Crippen LogP) is 1.86. The summed E-state index contributed by atoms with van der Waals surface area (Å²) in [6, 6.07) is 0.374. The van der Waals surface area contributed by atoms with Gasteiger partial charge in [-0.25, -0.2) is 4.98 Å². The van der Waals surface area contributed by atoms with Crippen molar-refractivity contribution in [3.8, 4) is 0 Å². The van der Waals surface area contributed by atoms with E-state index in [1.807, 2.05) is 0 Å². The number of nitrogens with zero attached hydrogens (tertiary/aromatic N) is 3. The lowest BCUT2D eigenvalue weighted by Crippen LogP contribution is -2.53. The summed E-state index contributed by atoms with van der Waals surface area (Å²) in [5.74, 6) is 1.03. The van der Waals surface area contributed by atoms with Gasteiger partial charge >= 0.3 is 0 Å². The summed E-state index contributed by atoms with van der Waals surface area (Å²) < 4.78 is 5.84. The van der Waals surface area contributed by atoms with Crippen molar-refractivity contribution in [3.63, 3.8) is 0 Å². The van der Waals surface area contributed by atoms with Crippen molar-refractivity contribution in [2.45, 2.75) is 37.8 Å². The van der Waals surface area contributed by atoms with Gasteiger partial charge in [-0.3, -0.25) is 0 Å². The molecular formula is C12H17ClN4O. The molecule has 1 saturated heterocycles. The van der Waals surface area contributed by atoms with Gasteiger partial charge in [0.1, 0.15) is 5.02 Å². The summed E-state index contributed by atoms with van der Waals surface area (Å²) in [6.07, 6.45) is 6.62. The van der Waals surface area contributed by atoms with Gasteiger partial charge in [-0.15, -0.1) is 0 Å². The minimum Gasteiger partial charge on any atom is -0.374 e. The van der Waals surface area contributed by atoms with Crippen LogP contribution in [0, 0.1) is 0 Å². The van der Waals surface area contributed by atoms with Gasteiger partial charge in [0.15, 0.2) is 5.82 Å². The van der Waals surface area contributed by atoms with Crippen LogP contribution >= 0.6 is 11.6 Å². The number of aromatic nitrogens is 2. The zero-order valence-electron chi connectivity index (χ0n) is 10.2. The average molecular weight is 269 g/mol. The third-order valence-corrected chi connectivity index (χ3v) is 4.02. The summed E-state index contributed by atoms with van der Waals surface area (Å²) in [7, 11) is 0. The molecule has 1 aromatic heterocycles. The van der Waals surface area contributed by atoms with E-state index >= 15 is 0 Å². The minimum absolute atomic E-state index is 0.272. The lowest BCUT2D eigenvalue weighted by Gasteiger charge is -2.44. The average Bonchev–Trinajstić information content (AvgIpc) is 2.41. The molecule has 0 radical (unpaired) electrons. The van der Waals surface area contributed by atoms with Crippen LogP contribution in [0.5, 0.6) is 0 Å². The monoisotopic (exact) mass is 268 g/mol. The van der Waals surface area contributed by atoms with Crippen LogP contribution in [0.2, 0.25) is 5.02 Å². The Morgan fingerprint density at radius 3 is 3.11 bits per heavy atom. The van der Waals surface area contributed by atoms with E-state index in [1.165, 1.54) is 12.8 Å². The van der Waals surface area contributed by atoms with Crippen molar-refractivity contribution in [3.05, 3.63) is 11.2 Å². The molecule has 98 valence electrons. The number of halogens is 1. The molecule has 5 nitrogen and oxygen atoms in total. The van der Waals surface area contributed by atoms with Crippen LogP contribution in [0.4, 0.5) is 11.8 Å². The highest BCUT2D eigenvalue weighted by Gasteiger charge is 2.35. The molecule has 1 aliphatic carbocycles. The Kier molecular flexibility index (Phi) is 3.26. The molecule has 3 rings (SSSR count). The third-order valence-electron chi connectivity index (χ3n) is 3.75. The Bertz CT molecular complexity index is 440. The van der Waals surface area contributed by atoms with E-state index in [2.05, 4.69) is 14.9 Å². The first kappa shape index (κ1) is 12.0. The molecule has 0 spiro atoms. The maximum atomic E-state index is 6.20. The fourth-order valence-corrected chi connectivity index (χ4v) is 3.13. The number of nitrogen functional groups attached to an aromatic ring is 1. The number of fused-ring (bicyclic) bond motifs is 1. The van der Waals surface area contributed by atoms with Crippen LogP contribution < -0.4 is 10.6 Å². The number of nitrogens with two attached hydrogens (primary N) is 1. The molecule has 0 aromatic carbocycles. The van der Waals surface area contributed by atoms with Crippen LogP contribution in [0.3, 0.4) is 0 Å². The SMILES string of the molecule is Nc1ncc(Cl)c(N2CCOC3CCCCC32)n1. The minimum atomic E-state index is 0.272. The van der Waals surface area contributed by atoms with Gasteiger partial charge in [0.2, 0.25) is 5.95 Å². The standard InChI is InChI=1S/C12H17ClN4O/c13-8-7-15-12(14)16-11(8)17-5-6-18-10-4-2-1-3-9(10)17/h7,9-10H,1-6H2,(H2,14,15,16). The molecule has 18 heavy (non-hydrogen) atoms. The lowest BCUT2D eigenvalue weighted by atomic mass is 9.90. The highest BCUT2D eigenvalue weighted by molar-refractivity contribution is 6.32. The van der Waals surface area contributed by atoms with E-state index in [4.69, 9.17) is 22.1 Å². The van der Waals surface area contributed by atoms with E-state index in [-0.39, 0.29) is 5.95 Å². The quantitative estimate of drug-likeness (QED) is 0.842. The molecule has 0 amide bonds. The Morgan fingerprint density at radius 2 is 2.22 bits per heavy atom. The summed E-state index contributed by atoms with van der Waals surface area (Å²) in [4.78, 5) is 10.5. The molecule has 1 saturated carbocycles. The van der Waals surface area contributed by atoms with E-state index in [0.717, 1.165) is 31.8 Å². The van der Waals surface area contributed by atoms with Crippen LogP contribution in [-0.4, -0.2) is 35.3 Å². The third kappa shape index (κ3) is 2.12. The Labute approximate surface area is 111 Å². The van der Waals surface area contributed by atoms with Gasteiger partial charge in [0, 0.05) is 6.54 Å². The highest BCUT2D eigenvalue weighted by atomic mass is 35.5. The van der Waals surface area contributed by atoms with E-state index in [1.54, 1.807) is 6.20 Å². The molecule has 6 heteroatoms. The molecular weight excluding hydrogens is 252 g/mol.